The van der Waals surface area contributed by atoms with E-state index in [4.69, 9.17) is 22.1 Å². The topological polar surface area (TPSA) is 98.3 Å². The number of pyridine rings is 2. The van der Waals surface area contributed by atoms with Crippen LogP contribution in [-0.4, -0.2) is 27.7 Å². The number of halogens is 1. The Morgan fingerprint density at radius 2 is 2.24 bits per heavy atom. The van der Waals surface area contributed by atoms with Gasteiger partial charge in [-0.1, -0.05) is 17.7 Å². The predicted molar refractivity (Wildman–Crippen MR) is 98.8 cm³/mol. The van der Waals surface area contributed by atoms with Crippen molar-refractivity contribution in [1.82, 2.24) is 9.97 Å². The number of hydrogen-bond acceptors (Lipinski definition) is 6. The van der Waals surface area contributed by atoms with Crippen LogP contribution < -0.4 is 10.5 Å². The quantitative estimate of drug-likeness (QED) is 0.631. The Kier molecular flexibility index (Phi) is 5.06. The van der Waals surface area contributed by atoms with Crippen molar-refractivity contribution in [3.63, 3.8) is 0 Å². The van der Waals surface area contributed by atoms with Crippen LogP contribution in [0, 0.1) is 6.92 Å². The average molecular weight is 378 g/mol. The molecule has 0 saturated heterocycles. The number of carboxylic acid groups (broad SMARTS) is 1. The minimum Gasteiger partial charge on any atom is -0.477 e. The van der Waals surface area contributed by atoms with Gasteiger partial charge >= 0.3 is 5.97 Å². The number of thiophene rings is 1. The molecule has 8 heteroatoms. The fourth-order valence-electron chi connectivity index (χ4n) is 2.51. The Labute approximate surface area is 153 Å². The number of aryl methyl sites for hydroxylation is 2. The van der Waals surface area contributed by atoms with Crippen molar-refractivity contribution in [3.05, 3.63) is 45.6 Å². The molecule has 0 saturated carbocycles. The second-order valence-corrected chi connectivity index (χ2v) is 6.84. The number of nitrogens with zero attached hydrogens (tertiary/aromatic N) is 2. The molecule has 3 aromatic heterocycles. The van der Waals surface area contributed by atoms with Crippen molar-refractivity contribution in [1.29, 1.82) is 0 Å². The van der Waals surface area contributed by atoms with E-state index in [0.29, 0.717) is 33.3 Å². The number of carbonyl (C=O) groups is 1. The lowest BCUT2D eigenvalue weighted by Crippen LogP contribution is -2.03. The lowest BCUT2D eigenvalue weighted by Gasteiger charge is -2.10. The molecule has 3 rings (SSSR count). The zero-order valence-corrected chi connectivity index (χ0v) is 15.0. The molecule has 3 aromatic rings. The summed E-state index contributed by atoms with van der Waals surface area (Å²) >= 11 is 7.35. The zero-order chi connectivity index (χ0) is 18.0. The van der Waals surface area contributed by atoms with Gasteiger partial charge in [0.25, 0.3) is 0 Å². The van der Waals surface area contributed by atoms with E-state index < -0.39 is 5.97 Å². The average Bonchev–Trinajstić information content (AvgIpc) is 2.93. The molecule has 25 heavy (non-hydrogen) atoms. The fourth-order valence-corrected chi connectivity index (χ4v) is 3.68. The molecule has 0 amide bonds. The van der Waals surface area contributed by atoms with Crippen LogP contribution >= 0.6 is 22.9 Å². The molecule has 0 aliphatic rings. The first-order chi connectivity index (χ1) is 12.0. The van der Waals surface area contributed by atoms with Gasteiger partial charge < -0.3 is 15.6 Å². The summed E-state index contributed by atoms with van der Waals surface area (Å²) in [4.78, 5) is 20.4. The summed E-state index contributed by atoms with van der Waals surface area (Å²) in [5.74, 6) is -0.778. The van der Waals surface area contributed by atoms with Crippen molar-refractivity contribution >= 4 is 44.8 Å². The summed E-state index contributed by atoms with van der Waals surface area (Å²) in [6.07, 6.45) is 3.31. The van der Waals surface area contributed by atoms with E-state index in [1.807, 2.05) is 18.2 Å². The lowest BCUT2D eigenvalue weighted by molar-refractivity contribution is 0.0703. The van der Waals surface area contributed by atoms with Crippen LogP contribution in [0.2, 0.25) is 5.02 Å². The number of aromatic nitrogens is 2. The Balaban J connectivity index is 1.77. The van der Waals surface area contributed by atoms with Gasteiger partial charge in [0, 0.05) is 17.3 Å². The second kappa shape index (κ2) is 7.25. The van der Waals surface area contributed by atoms with Gasteiger partial charge in [-0.05, 0) is 37.5 Å². The van der Waals surface area contributed by atoms with Crippen molar-refractivity contribution in [2.24, 2.45) is 0 Å². The molecule has 0 radical (unpaired) electrons. The third-order valence-corrected chi connectivity index (χ3v) is 5.29. The summed E-state index contributed by atoms with van der Waals surface area (Å²) < 4.78 is 5.70. The summed E-state index contributed by atoms with van der Waals surface area (Å²) in [6, 6.07) is 5.78. The van der Waals surface area contributed by atoms with Crippen LogP contribution in [0.15, 0.2) is 24.4 Å². The van der Waals surface area contributed by atoms with E-state index in [1.54, 1.807) is 13.1 Å². The number of fused-ring (bicyclic) bond motifs is 1. The maximum atomic E-state index is 11.3. The highest BCUT2D eigenvalue weighted by atomic mass is 35.5. The third-order valence-electron chi connectivity index (χ3n) is 3.76. The van der Waals surface area contributed by atoms with E-state index in [9.17, 15) is 9.90 Å². The standard InChI is InChI=1S/C17H16ClN3O3S/c1-9-11-13(19)14(17(22)23)25-16(11)21-15(12(9)18)24-8-4-6-10-5-2-3-7-20-10/h2-3,5,7H,4,6,8,19H2,1H3,(H,22,23). The summed E-state index contributed by atoms with van der Waals surface area (Å²) in [5, 5.41) is 10.1. The van der Waals surface area contributed by atoms with Gasteiger partial charge in [-0.3, -0.25) is 4.98 Å². The van der Waals surface area contributed by atoms with Crippen LogP contribution in [0.3, 0.4) is 0 Å². The molecule has 6 nitrogen and oxygen atoms in total. The van der Waals surface area contributed by atoms with E-state index in [0.717, 1.165) is 29.9 Å². The highest BCUT2D eigenvalue weighted by Gasteiger charge is 2.21. The normalized spacial score (nSPS) is 11.0. The number of nitrogens with two attached hydrogens (primary N) is 1. The molecular weight excluding hydrogens is 362 g/mol. The van der Waals surface area contributed by atoms with Gasteiger partial charge in [0.1, 0.15) is 14.7 Å². The molecule has 0 aliphatic carbocycles. The number of carboxylic acids is 1. The minimum absolute atomic E-state index is 0.0639. The molecule has 0 unspecified atom stereocenters. The Morgan fingerprint density at radius 3 is 2.92 bits per heavy atom. The minimum atomic E-state index is -1.08. The van der Waals surface area contributed by atoms with Crippen LogP contribution in [0.1, 0.15) is 27.3 Å². The van der Waals surface area contributed by atoms with E-state index >= 15 is 0 Å². The summed E-state index contributed by atoms with van der Waals surface area (Å²) in [6.45, 7) is 2.21. The van der Waals surface area contributed by atoms with E-state index in [-0.39, 0.29) is 10.6 Å². The van der Waals surface area contributed by atoms with Crippen LogP contribution in [0.4, 0.5) is 5.69 Å². The van der Waals surface area contributed by atoms with E-state index in [2.05, 4.69) is 9.97 Å². The highest BCUT2D eigenvalue weighted by Crippen LogP contribution is 2.40. The molecule has 130 valence electrons. The van der Waals surface area contributed by atoms with Gasteiger partial charge in [0.05, 0.1) is 12.3 Å². The SMILES string of the molecule is Cc1c(Cl)c(OCCCc2ccccn2)nc2sc(C(=O)O)c(N)c12. The highest BCUT2D eigenvalue weighted by molar-refractivity contribution is 7.21. The largest absolute Gasteiger partial charge is 0.477 e. The number of nitrogen functional groups attached to an aromatic ring is 1. The lowest BCUT2D eigenvalue weighted by atomic mass is 10.1. The van der Waals surface area contributed by atoms with Crippen molar-refractivity contribution < 1.29 is 14.6 Å². The van der Waals surface area contributed by atoms with Crippen LogP contribution in [-0.2, 0) is 6.42 Å². The van der Waals surface area contributed by atoms with Gasteiger partial charge in [0.15, 0.2) is 0 Å². The first-order valence-electron chi connectivity index (χ1n) is 7.63. The summed E-state index contributed by atoms with van der Waals surface area (Å²) in [5.41, 5.74) is 7.79. The Hall–Kier alpha value is -2.38. The first-order valence-corrected chi connectivity index (χ1v) is 8.82. The molecule has 3 heterocycles. The van der Waals surface area contributed by atoms with Crippen LogP contribution in [0.25, 0.3) is 10.2 Å². The number of aromatic carboxylic acids is 1. The predicted octanol–water partition coefficient (Wildman–Crippen LogP) is 3.95. The summed E-state index contributed by atoms with van der Waals surface area (Å²) in [7, 11) is 0. The van der Waals surface area contributed by atoms with Crippen molar-refractivity contribution in [2.75, 3.05) is 12.3 Å². The van der Waals surface area contributed by atoms with Gasteiger partial charge in [0.2, 0.25) is 5.88 Å². The van der Waals surface area contributed by atoms with Gasteiger partial charge in [-0.15, -0.1) is 11.3 Å². The zero-order valence-electron chi connectivity index (χ0n) is 13.5. The van der Waals surface area contributed by atoms with Gasteiger partial charge in [-0.25, -0.2) is 9.78 Å². The first kappa shape index (κ1) is 17.4. The second-order valence-electron chi connectivity index (χ2n) is 5.46. The number of ether oxygens (including phenoxy) is 1. The number of anilines is 1. The maximum absolute atomic E-state index is 11.3. The monoisotopic (exact) mass is 377 g/mol. The smallest absolute Gasteiger partial charge is 0.348 e. The Bertz CT molecular complexity index is 928. The number of rotatable bonds is 6. The Morgan fingerprint density at radius 1 is 1.44 bits per heavy atom. The molecule has 3 N–H and O–H groups in total. The molecule has 0 spiro atoms. The molecule has 0 aromatic carbocycles. The van der Waals surface area contributed by atoms with Crippen LogP contribution in [0.5, 0.6) is 5.88 Å². The van der Waals surface area contributed by atoms with Crippen molar-refractivity contribution in [3.8, 4) is 5.88 Å². The molecular formula is C17H16ClN3O3S. The number of hydrogen-bond donors (Lipinski definition) is 2. The fraction of sp³-hybridized carbons (Fsp3) is 0.235. The molecule has 0 bridgehead atoms. The molecule has 0 fully saturated rings. The van der Waals surface area contributed by atoms with Crippen molar-refractivity contribution in [2.45, 2.75) is 19.8 Å². The molecule has 0 aliphatic heterocycles. The molecule has 0 atom stereocenters. The van der Waals surface area contributed by atoms with Gasteiger partial charge in [-0.2, -0.15) is 0 Å². The maximum Gasteiger partial charge on any atom is 0.348 e. The van der Waals surface area contributed by atoms with E-state index in [1.165, 1.54) is 0 Å². The third kappa shape index (κ3) is 3.52.